The van der Waals surface area contributed by atoms with Crippen LogP contribution in [0.15, 0.2) is 0 Å². The number of hydrogen-bond acceptors (Lipinski definition) is 10. The summed E-state index contributed by atoms with van der Waals surface area (Å²) in [6.07, 6.45) is 0.179. The third kappa shape index (κ3) is 13.0. The number of aliphatic hydroxyl groups excluding tert-OH is 1. The van der Waals surface area contributed by atoms with E-state index in [-0.39, 0.29) is 25.3 Å². The summed E-state index contributed by atoms with van der Waals surface area (Å²) >= 11 is 0. The number of carbonyl (C=O) groups is 7. The molecule has 1 saturated heterocycles. The summed E-state index contributed by atoms with van der Waals surface area (Å²) in [4.78, 5) is 89.1. The van der Waals surface area contributed by atoms with Crippen molar-refractivity contribution in [3.63, 3.8) is 0 Å². The lowest BCUT2D eigenvalue weighted by Crippen LogP contribution is -2.59. The van der Waals surface area contributed by atoms with Crippen LogP contribution in [0.5, 0.6) is 0 Å². The number of unbranched alkanes of at least 4 members (excludes halogenated alkanes) is 1. The molecule has 17 nitrogen and oxygen atoms in total. The lowest BCUT2D eigenvalue weighted by atomic mass is 10.0. The van der Waals surface area contributed by atoms with Gasteiger partial charge in [-0.25, -0.2) is 4.79 Å². The average molecular weight is 644 g/mol. The lowest BCUT2D eigenvalue weighted by molar-refractivity contribution is -0.147. The van der Waals surface area contributed by atoms with E-state index in [0.29, 0.717) is 32.2 Å². The molecule has 11 N–H and O–H groups in total. The topological polar surface area (TPSA) is 284 Å². The van der Waals surface area contributed by atoms with Gasteiger partial charge in [0.25, 0.3) is 0 Å². The molecule has 1 rings (SSSR count). The monoisotopic (exact) mass is 643 g/mol. The van der Waals surface area contributed by atoms with E-state index >= 15 is 0 Å². The minimum absolute atomic E-state index is 0.0733. The second-order valence-electron chi connectivity index (χ2n) is 11.7. The zero-order chi connectivity index (χ0) is 34.4. The summed E-state index contributed by atoms with van der Waals surface area (Å²) in [6, 6.07) is -7.55. The molecule has 256 valence electrons. The van der Waals surface area contributed by atoms with Gasteiger partial charge in [0, 0.05) is 6.54 Å². The molecule has 0 aromatic rings. The van der Waals surface area contributed by atoms with E-state index in [4.69, 9.17) is 11.5 Å². The Labute approximate surface area is 262 Å². The number of rotatable bonds is 19. The van der Waals surface area contributed by atoms with Gasteiger partial charge in [0.1, 0.15) is 24.2 Å². The number of aliphatic hydroxyl groups is 1. The number of hydrogen-bond donors (Lipinski definition) is 9. The van der Waals surface area contributed by atoms with E-state index in [0.717, 1.165) is 4.90 Å². The minimum Gasteiger partial charge on any atom is -0.481 e. The van der Waals surface area contributed by atoms with Gasteiger partial charge < -0.3 is 53.0 Å². The Bertz CT molecular complexity index is 1070. The van der Waals surface area contributed by atoms with Crippen molar-refractivity contribution in [2.45, 2.75) is 115 Å². The predicted octanol–water partition coefficient (Wildman–Crippen LogP) is -2.62. The maximum Gasteiger partial charge on any atom is 0.328 e. The van der Waals surface area contributed by atoms with Gasteiger partial charge in [0.2, 0.25) is 29.5 Å². The molecule has 0 bridgehead atoms. The van der Waals surface area contributed by atoms with Crippen molar-refractivity contribution in [3.05, 3.63) is 0 Å². The summed E-state index contributed by atoms with van der Waals surface area (Å²) < 4.78 is 0. The fourth-order valence-corrected chi connectivity index (χ4v) is 4.84. The van der Waals surface area contributed by atoms with Crippen LogP contribution in [-0.2, 0) is 33.6 Å². The summed E-state index contributed by atoms with van der Waals surface area (Å²) in [5, 5.41) is 37.9. The summed E-state index contributed by atoms with van der Waals surface area (Å²) in [7, 11) is 0. The number of amides is 5. The van der Waals surface area contributed by atoms with E-state index in [1.54, 1.807) is 13.8 Å². The molecule has 0 aromatic heterocycles. The van der Waals surface area contributed by atoms with Crippen molar-refractivity contribution in [2.24, 2.45) is 17.4 Å². The largest absolute Gasteiger partial charge is 0.481 e. The van der Waals surface area contributed by atoms with Gasteiger partial charge in [-0.2, -0.15) is 0 Å². The van der Waals surface area contributed by atoms with Crippen LogP contribution in [0.1, 0.15) is 72.6 Å². The van der Waals surface area contributed by atoms with Crippen molar-refractivity contribution in [2.75, 3.05) is 13.1 Å². The first-order valence-electron chi connectivity index (χ1n) is 15.1. The van der Waals surface area contributed by atoms with Crippen LogP contribution in [0.2, 0.25) is 0 Å². The third-order valence-corrected chi connectivity index (χ3v) is 7.27. The van der Waals surface area contributed by atoms with Gasteiger partial charge in [0.15, 0.2) is 6.04 Å². The van der Waals surface area contributed by atoms with Crippen LogP contribution >= 0.6 is 0 Å². The average Bonchev–Trinajstić information content (AvgIpc) is 3.43. The smallest absolute Gasteiger partial charge is 0.328 e. The molecule has 0 saturated carbocycles. The molecule has 1 aliphatic heterocycles. The van der Waals surface area contributed by atoms with Crippen LogP contribution in [0.25, 0.3) is 0 Å². The highest BCUT2D eigenvalue weighted by molar-refractivity contribution is 5.97. The minimum atomic E-state index is -1.62. The second-order valence-corrected chi connectivity index (χ2v) is 11.7. The van der Waals surface area contributed by atoms with Gasteiger partial charge in [-0.1, -0.05) is 20.3 Å². The fraction of sp³-hybridized carbons (Fsp3) is 0.750. The Hall–Kier alpha value is -3.83. The SMILES string of the molecule is CC(C)C[C@H](NC(=O)[C@@H](N)CCCCN)C(=O)N[C@@H](CC(=O)O)C(=O)N[C@@H](C)C(=O)N1CCC[C@H]1C(=O)N[C@H](C(=O)O)[C@@H](C)O. The number of aliphatic carboxylic acids is 2. The summed E-state index contributed by atoms with van der Waals surface area (Å²) in [5.41, 5.74) is 11.4. The van der Waals surface area contributed by atoms with Gasteiger partial charge in [-0.15, -0.1) is 0 Å². The number of likely N-dealkylation sites (tertiary alicyclic amines) is 1. The van der Waals surface area contributed by atoms with Crippen molar-refractivity contribution >= 4 is 41.5 Å². The second kappa shape index (κ2) is 18.9. The zero-order valence-corrected chi connectivity index (χ0v) is 26.3. The first-order chi connectivity index (χ1) is 21.0. The fourth-order valence-electron chi connectivity index (χ4n) is 4.84. The Morgan fingerprint density at radius 3 is 2.00 bits per heavy atom. The molecule has 1 fully saturated rings. The molecule has 0 aliphatic carbocycles. The Kier molecular flexibility index (Phi) is 16.4. The molecule has 45 heavy (non-hydrogen) atoms. The summed E-state index contributed by atoms with van der Waals surface area (Å²) in [5.74, 6) is -6.81. The van der Waals surface area contributed by atoms with Crippen LogP contribution in [0.4, 0.5) is 0 Å². The van der Waals surface area contributed by atoms with Crippen LogP contribution in [0, 0.1) is 5.92 Å². The number of nitrogens with two attached hydrogens (primary N) is 2. The van der Waals surface area contributed by atoms with Gasteiger partial charge in [-0.05, 0) is 58.4 Å². The van der Waals surface area contributed by atoms with Crippen molar-refractivity contribution < 1.29 is 48.9 Å². The molecule has 0 spiro atoms. The number of carbonyl (C=O) groups excluding carboxylic acids is 5. The molecule has 17 heteroatoms. The van der Waals surface area contributed by atoms with Crippen molar-refractivity contribution in [1.29, 1.82) is 0 Å². The maximum absolute atomic E-state index is 13.2. The first-order valence-corrected chi connectivity index (χ1v) is 15.1. The van der Waals surface area contributed by atoms with E-state index in [2.05, 4.69) is 21.3 Å². The highest BCUT2D eigenvalue weighted by Crippen LogP contribution is 2.19. The Balaban J connectivity index is 2.99. The normalized spacial score (nSPS) is 18.6. The summed E-state index contributed by atoms with van der Waals surface area (Å²) in [6.45, 7) is 6.69. The lowest BCUT2D eigenvalue weighted by Gasteiger charge is -2.29. The molecule has 0 aromatic carbocycles. The number of carboxylic acids is 2. The first kappa shape index (κ1) is 39.2. The van der Waals surface area contributed by atoms with Crippen LogP contribution in [0.3, 0.4) is 0 Å². The quantitative estimate of drug-likeness (QED) is 0.0654. The van der Waals surface area contributed by atoms with E-state index in [1.807, 2.05) is 0 Å². The molecule has 1 heterocycles. The molecule has 5 amide bonds. The molecular formula is C28H49N7O10. The Morgan fingerprint density at radius 2 is 1.47 bits per heavy atom. The Morgan fingerprint density at radius 1 is 0.867 bits per heavy atom. The standard InChI is InChI=1S/C28H49N7O10/c1-14(2)12-18(32-23(39)17(30)8-5-6-10-29)25(41)33-19(13-21(37)38)24(40)31-15(3)27(43)35-11-7-9-20(35)26(42)34-22(16(4)36)28(44)45/h14-20,22,36H,5-13,29-30H2,1-4H3,(H,31,40)(H,32,39)(H,33,41)(H,34,42)(H,37,38)(H,44,45)/t15-,16+,17-,18-,19-,20-,22-/m0/s1. The number of nitrogens with zero attached hydrogens (tertiary/aromatic N) is 1. The maximum atomic E-state index is 13.2. The van der Waals surface area contributed by atoms with E-state index in [9.17, 15) is 48.9 Å². The van der Waals surface area contributed by atoms with Crippen LogP contribution in [-0.4, -0.2) is 117 Å². The predicted molar refractivity (Wildman–Crippen MR) is 160 cm³/mol. The van der Waals surface area contributed by atoms with Crippen molar-refractivity contribution in [1.82, 2.24) is 26.2 Å². The van der Waals surface area contributed by atoms with Gasteiger partial charge >= 0.3 is 11.9 Å². The van der Waals surface area contributed by atoms with Crippen LogP contribution < -0.4 is 32.7 Å². The molecule has 0 radical (unpaired) electrons. The molecule has 0 unspecified atom stereocenters. The van der Waals surface area contributed by atoms with Crippen molar-refractivity contribution in [3.8, 4) is 0 Å². The van der Waals surface area contributed by atoms with Gasteiger partial charge in [-0.3, -0.25) is 28.8 Å². The van der Waals surface area contributed by atoms with E-state index < -0.39 is 90.3 Å². The van der Waals surface area contributed by atoms with E-state index in [1.165, 1.54) is 13.8 Å². The zero-order valence-electron chi connectivity index (χ0n) is 26.3. The molecular weight excluding hydrogens is 594 g/mol. The number of carboxylic acid groups (broad SMARTS) is 2. The highest BCUT2D eigenvalue weighted by atomic mass is 16.4. The van der Waals surface area contributed by atoms with Gasteiger partial charge in [0.05, 0.1) is 18.6 Å². The third-order valence-electron chi connectivity index (χ3n) is 7.27. The molecule has 1 aliphatic rings. The molecule has 7 atom stereocenters. The highest BCUT2D eigenvalue weighted by Gasteiger charge is 2.39. The number of nitrogens with one attached hydrogen (secondary N) is 4.